The average molecular weight is 284 g/mol. The van der Waals surface area contributed by atoms with Gasteiger partial charge in [0.05, 0.1) is 11.8 Å². The van der Waals surface area contributed by atoms with Gasteiger partial charge in [-0.05, 0) is 30.9 Å². The molecule has 1 aromatic rings. The van der Waals surface area contributed by atoms with E-state index < -0.39 is 0 Å². The van der Waals surface area contributed by atoms with Gasteiger partial charge in [-0.1, -0.05) is 19.8 Å². The van der Waals surface area contributed by atoms with Crippen LogP contribution in [0.15, 0.2) is 22.8 Å². The Hall–Kier alpha value is -0.960. The van der Waals surface area contributed by atoms with Crippen LogP contribution in [0.25, 0.3) is 0 Å². The number of rotatable bonds is 5. The molecule has 1 heterocycles. The molecule has 0 radical (unpaired) electrons. The summed E-state index contributed by atoms with van der Waals surface area (Å²) in [6.45, 7) is 2.23. The summed E-state index contributed by atoms with van der Waals surface area (Å²) in [5.41, 5.74) is -0.195. The molecule has 106 valence electrons. The summed E-state index contributed by atoms with van der Waals surface area (Å²) in [6.07, 6.45) is 7.10. The maximum absolute atomic E-state index is 12.1. The van der Waals surface area contributed by atoms with Crippen LogP contribution in [0.1, 0.15) is 44.8 Å². The average Bonchev–Trinajstić information content (AvgIpc) is 2.89. The van der Waals surface area contributed by atoms with Crippen molar-refractivity contribution in [1.82, 2.24) is 5.32 Å². The quantitative estimate of drug-likeness (QED) is 0.840. The number of halogens is 1. The van der Waals surface area contributed by atoms with Gasteiger partial charge in [0.25, 0.3) is 0 Å². The van der Waals surface area contributed by atoms with E-state index in [4.69, 9.17) is 16.0 Å². The zero-order valence-electron chi connectivity index (χ0n) is 11.5. The van der Waals surface area contributed by atoms with Crippen molar-refractivity contribution in [3.63, 3.8) is 0 Å². The summed E-state index contributed by atoms with van der Waals surface area (Å²) in [5, 5.41) is 3.16. The zero-order chi connectivity index (χ0) is 13.7. The minimum Gasteiger partial charge on any atom is -0.469 e. The van der Waals surface area contributed by atoms with Gasteiger partial charge in [0.2, 0.25) is 5.91 Å². The highest BCUT2D eigenvalue weighted by Gasteiger charge is 2.35. The summed E-state index contributed by atoms with van der Waals surface area (Å²) < 4.78 is 5.24. The number of carbonyl (C=O) groups excluding carboxylic acids is 1. The van der Waals surface area contributed by atoms with E-state index in [1.807, 2.05) is 12.1 Å². The van der Waals surface area contributed by atoms with Gasteiger partial charge in [0.15, 0.2) is 0 Å². The first-order chi connectivity index (χ1) is 9.13. The molecule has 1 aromatic heterocycles. The number of amides is 1. The third-order valence-electron chi connectivity index (χ3n) is 3.93. The normalized spacial score (nSPS) is 27.2. The molecule has 1 aliphatic carbocycles. The van der Waals surface area contributed by atoms with Crippen molar-refractivity contribution in [3.8, 4) is 0 Å². The van der Waals surface area contributed by atoms with E-state index in [-0.39, 0.29) is 11.4 Å². The summed E-state index contributed by atoms with van der Waals surface area (Å²) >= 11 is 6.11. The Labute approximate surface area is 119 Å². The number of alkyl halides is 1. The van der Waals surface area contributed by atoms with Crippen molar-refractivity contribution in [2.45, 2.75) is 51.0 Å². The summed E-state index contributed by atoms with van der Waals surface area (Å²) in [5.74, 6) is 2.07. The van der Waals surface area contributed by atoms with E-state index in [1.165, 1.54) is 6.42 Å². The molecule has 2 rings (SSSR count). The Kier molecular flexibility index (Phi) is 4.92. The lowest BCUT2D eigenvalue weighted by Gasteiger charge is -2.39. The lowest BCUT2D eigenvalue weighted by Crippen LogP contribution is -2.52. The van der Waals surface area contributed by atoms with Crippen LogP contribution in [0.5, 0.6) is 0 Å². The molecule has 1 saturated carbocycles. The summed E-state index contributed by atoms with van der Waals surface area (Å²) in [6, 6.07) is 3.74. The fourth-order valence-electron chi connectivity index (χ4n) is 2.98. The molecular weight excluding hydrogens is 262 g/mol. The van der Waals surface area contributed by atoms with Crippen LogP contribution in [0.4, 0.5) is 0 Å². The number of furan rings is 1. The highest BCUT2D eigenvalue weighted by Crippen LogP contribution is 2.33. The minimum atomic E-state index is -0.195. The molecule has 0 saturated heterocycles. The lowest BCUT2D eigenvalue weighted by molar-refractivity contribution is -0.123. The van der Waals surface area contributed by atoms with Crippen molar-refractivity contribution in [3.05, 3.63) is 24.2 Å². The van der Waals surface area contributed by atoms with Gasteiger partial charge in [-0.2, -0.15) is 0 Å². The third-order valence-corrected chi connectivity index (χ3v) is 4.44. The molecule has 4 heteroatoms. The first kappa shape index (κ1) is 14.4. The highest BCUT2D eigenvalue weighted by atomic mass is 35.5. The van der Waals surface area contributed by atoms with Crippen molar-refractivity contribution < 1.29 is 9.21 Å². The van der Waals surface area contributed by atoms with Gasteiger partial charge < -0.3 is 9.73 Å². The number of carbonyl (C=O) groups is 1. The van der Waals surface area contributed by atoms with Gasteiger partial charge in [-0.25, -0.2) is 0 Å². The second-order valence-electron chi connectivity index (χ2n) is 5.74. The van der Waals surface area contributed by atoms with Crippen molar-refractivity contribution in [2.75, 3.05) is 5.88 Å². The Bertz CT molecular complexity index is 404. The molecule has 0 aromatic carbocycles. The standard InChI is InChI=1S/C15H22ClNO2/c1-12-4-2-8-15(10-12,11-16)17-14(18)7-6-13-5-3-9-19-13/h3,5,9,12H,2,4,6-8,10-11H2,1H3,(H,17,18). The SMILES string of the molecule is CC1CCCC(CCl)(NC(=O)CCc2ccco2)C1. The fourth-order valence-corrected chi connectivity index (χ4v) is 3.29. The number of hydrogen-bond acceptors (Lipinski definition) is 2. The predicted octanol–water partition coefficient (Wildman–Crippen LogP) is 3.52. The van der Waals surface area contributed by atoms with Crippen LogP contribution in [0.2, 0.25) is 0 Å². The maximum atomic E-state index is 12.1. The molecule has 2 unspecified atom stereocenters. The van der Waals surface area contributed by atoms with E-state index in [2.05, 4.69) is 12.2 Å². The molecule has 0 bridgehead atoms. The Morgan fingerprint density at radius 1 is 1.63 bits per heavy atom. The van der Waals surface area contributed by atoms with Gasteiger partial charge >= 0.3 is 0 Å². The number of nitrogens with one attached hydrogen (secondary N) is 1. The minimum absolute atomic E-state index is 0.0751. The van der Waals surface area contributed by atoms with Crippen molar-refractivity contribution in [1.29, 1.82) is 0 Å². The molecular formula is C15H22ClNO2. The second-order valence-corrected chi connectivity index (χ2v) is 6.01. The molecule has 3 nitrogen and oxygen atoms in total. The summed E-state index contributed by atoms with van der Waals surface area (Å²) in [7, 11) is 0. The molecule has 1 aliphatic rings. The van der Waals surface area contributed by atoms with Gasteiger partial charge in [0.1, 0.15) is 5.76 Å². The maximum Gasteiger partial charge on any atom is 0.220 e. The Balaban J connectivity index is 1.85. The van der Waals surface area contributed by atoms with E-state index in [0.29, 0.717) is 24.6 Å². The highest BCUT2D eigenvalue weighted by molar-refractivity contribution is 6.18. The monoisotopic (exact) mass is 283 g/mol. The number of aryl methyl sites for hydroxylation is 1. The topological polar surface area (TPSA) is 42.2 Å². The first-order valence-electron chi connectivity index (χ1n) is 7.03. The lowest BCUT2D eigenvalue weighted by atomic mass is 9.77. The Morgan fingerprint density at radius 3 is 3.11 bits per heavy atom. The van der Waals surface area contributed by atoms with Crippen molar-refractivity contribution in [2.24, 2.45) is 5.92 Å². The number of hydrogen-bond donors (Lipinski definition) is 1. The molecule has 1 fully saturated rings. The van der Waals surface area contributed by atoms with Crippen LogP contribution in [0.3, 0.4) is 0 Å². The van der Waals surface area contributed by atoms with E-state index >= 15 is 0 Å². The molecule has 1 amide bonds. The van der Waals surface area contributed by atoms with Crippen LogP contribution in [0, 0.1) is 5.92 Å². The second kappa shape index (κ2) is 6.47. The van der Waals surface area contributed by atoms with Gasteiger partial charge in [0, 0.05) is 18.7 Å². The van der Waals surface area contributed by atoms with Gasteiger partial charge in [-0.3, -0.25) is 4.79 Å². The zero-order valence-corrected chi connectivity index (χ0v) is 12.2. The Morgan fingerprint density at radius 2 is 2.47 bits per heavy atom. The third kappa shape index (κ3) is 4.00. The van der Waals surface area contributed by atoms with E-state index in [0.717, 1.165) is 25.0 Å². The van der Waals surface area contributed by atoms with Crippen LogP contribution in [-0.4, -0.2) is 17.3 Å². The summed E-state index contributed by atoms with van der Waals surface area (Å²) in [4.78, 5) is 12.1. The van der Waals surface area contributed by atoms with Crippen molar-refractivity contribution >= 4 is 17.5 Å². The van der Waals surface area contributed by atoms with Crippen LogP contribution < -0.4 is 5.32 Å². The van der Waals surface area contributed by atoms with E-state index in [1.54, 1.807) is 6.26 Å². The fraction of sp³-hybridized carbons (Fsp3) is 0.667. The van der Waals surface area contributed by atoms with Crippen LogP contribution in [-0.2, 0) is 11.2 Å². The van der Waals surface area contributed by atoms with Crippen LogP contribution >= 0.6 is 11.6 Å². The smallest absolute Gasteiger partial charge is 0.220 e. The predicted molar refractivity (Wildman–Crippen MR) is 76.3 cm³/mol. The first-order valence-corrected chi connectivity index (χ1v) is 7.56. The molecule has 1 N–H and O–H groups in total. The molecule has 0 aliphatic heterocycles. The molecule has 19 heavy (non-hydrogen) atoms. The van der Waals surface area contributed by atoms with Gasteiger partial charge in [-0.15, -0.1) is 11.6 Å². The molecule has 2 atom stereocenters. The molecule has 0 spiro atoms. The largest absolute Gasteiger partial charge is 0.469 e. The van der Waals surface area contributed by atoms with E-state index in [9.17, 15) is 4.79 Å².